The Labute approximate surface area is 111 Å². The largest absolute Gasteiger partial charge is 0.444 e. The van der Waals surface area contributed by atoms with Gasteiger partial charge in [0.25, 0.3) is 0 Å². The highest BCUT2D eigenvalue weighted by atomic mass is 16.6. The van der Waals surface area contributed by atoms with Gasteiger partial charge in [-0.25, -0.2) is 4.79 Å². The van der Waals surface area contributed by atoms with Crippen LogP contribution in [0.3, 0.4) is 0 Å². The minimum atomic E-state index is -0.509. The zero-order valence-electron chi connectivity index (χ0n) is 13.1. The fraction of sp³-hybridized carbons (Fsp3) is 0.929. The van der Waals surface area contributed by atoms with Gasteiger partial charge in [0.05, 0.1) is 6.10 Å². The van der Waals surface area contributed by atoms with E-state index in [0.717, 1.165) is 0 Å². The first kappa shape index (κ1) is 17.2. The molecule has 0 aromatic rings. The van der Waals surface area contributed by atoms with Crippen molar-refractivity contribution in [3.8, 4) is 0 Å². The molecule has 0 aliphatic rings. The summed E-state index contributed by atoms with van der Waals surface area (Å²) in [5, 5.41) is 9.55. The minimum absolute atomic E-state index is 0.0219. The molecule has 4 heteroatoms. The average molecular weight is 259 g/mol. The molecule has 0 aliphatic heterocycles. The van der Waals surface area contributed by atoms with E-state index in [2.05, 4.69) is 0 Å². The molecule has 0 spiro atoms. The number of ether oxygens (including phenoxy) is 1. The Hall–Kier alpha value is -0.770. The lowest BCUT2D eigenvalue weighted by molar-refractivity contribution is -0.0164. The maximum absolute atomic E-state index is 12.3. The first-order valence-electron chi connectivity index (χ1n) is 6.57. The van der Waals surface area contributed by atoms with Crippen molar-refractivity contribution in [3.05, 3.63) is 0 Å². The van der Waals surface area contributed by atoms with Gasteiger partial charge in [-0.2, -0.15) is 0 Å². The van der Waals surface area contributed by atoms with E-state index in [1.165, 1.54) is 0 Å². The third-order valence-corrected chi connectivity index (χ3v) is 2.55. The van der Waals surface area contributed by atoms with Crippen molar-refractivity contribution in [1.29, 1.82) is 0 Å². The summed E-state index contributed by atoms with van der Waals surface area (Å²) in [6, 6.07) is 0.0219. The maximum Gasteiger partial charge on any atom is 0.410 e. The SMILES string of the molecule is CC(O)CC(C)(C)N(C(=O)OC(C)(C)C)C(C)C. The third kappa shape index (κ3) is 5.71. The monoisotopic (exact) mass is 259 g/mol. The quantitative estimate of drug-likeness (QED) is 0.843. The summed E-state index contributed by atoms with van der Waals surface area (Å²) < 4.78 is 5.43. The number of aliphatic hydroxyl groups excluding tert-OH is 1. The van der Waals surface area contributed by atoms with Crippen molar-refractivity contribution in [3.63, 3.8) is 0 Å². The number of amides is 1. The zero-order valence-corrected chi connectivity index (χ0v) is 13.1. The van der Waals surface area contributed by atoms with Crippen LogP contribution in [0.1, 0.15) is 61.8 Å². The Morgan fingerprint density at radius 2 is 1.61 bits per heavy atom. The molecule has 1 unspecified atom stereocenters. The molecule has 1 atom stereocenters. The smallest absolute Gasteiger partial charge is 0.410 e. The summed E-state index contributed by atoms with van der Waals surface area (Å²) in [6.45, 7) is 15.1. The standard InChI is InChI=1S/C14H29NO3/c1-10(2)15(12(17)18-13(4,5)6)14(7,8)9-11(3)16/h10-11,16H,9H2,1-8H3. The summed E-state index contributed by atoms with van der Waals surface area (Å²) in [7, 11) is 0. The van der Waals surface area contributed by atoms with Crippen LogP contribution in [-0.2, 0) is 4.74 Å². The van der Waals surface area contributed by atoms with Crippen LogP contribution in [0.25, 0.3) is 0 Å². The minimum Gasteiger partial charge on any atom is -0.444 e. The molecule has 0 aromatic heterocycles. The first-order chi connectivity index (χ1) is 7.87. The molecule has 108 valence electrons. The molecule has 1 N–H and O–H groups in total. The Morgan fingerprint density at radius 1 is 1.17 bits per heavy atom. The van der Waals surface area contributed by atoms with Crippen LogP contribution < -0.4 is 0 Å². The lowest BCUT2D eigenvalue weighted by Crippen LogP contribution is -2.54. The van der Waals surface area contributed by atoms with E-state index in [0.29, 0.717) is 6.42 Å². The number of carbonyl (C=O) groups excluding carboxylic acids is 1. The van der Waals surface area contributed by atoms with Gasteiger partial charge in [-0.15, -0.1) is 0 Å². The molecule has 0 aliphatic carbocycles. The fourth-order valence-electron chi connectivity index (χ4n) is 2.29. The van der Waals surface area contributed by atoms with Gasteiger partial charge in [0.15, 0.2) is 0 Å². The van der Waals surface area contributed by atoms with Crippen molar-refractivity contribution in [2.75, 3.05) is 0 Å². The Balaban J connectivity index is 5.02. The van der Waals surface area contributed by atoms with Crippen LogP contribution in [0, 0.1) is 0 Å². The second-order valence-corrected chi connectivity index (χ2v) is 6.81. The average Bonchev–Trinajstić information content (AvgIpc) is 1.93. The van der Waals surface area contributed by atoms with Crippen LogP contribution in [0.4, 0.5) is 4.79 Å². The summed E-state index contributed by atoms with van der Waals surface area (Å²) in [5.41, 5.74) is -0.949. The molecular weight excluding hydrogens is 230 g/mol. The topological polar surface area (TPSA) is 49.8 Å². The molecule has 0 fully saturated rings. The van der Waals surface area contributed by atoms with Crippen molar-refractivity contribution >= 4 is 6.09 Å². The van der Waals surface area contributed by atoms with E-state index in [-0.39, 0.29) is 12.1 Å². The van der Waals surface area contributed by atoms with Crippen molar-refractivity contribution in [2.24, 2.45) is 0 Å². The van der Waals surface area contributed by atoms with Gasteiger partial charge in [0.2, 0.25) is 0 Å². The van der Waals surface area contributed by atoms with Gasteiger partial charge in [-0.1, -0.05) is 0 Å². The first-order valence-corrected chi connectivity index (χ1v) is 6.57. The molecule has 0 rings (SSSR count). The second-order valence-electron chi connectivity index (χ2n) is 6.81. The van der Waals surface area contributed by atoms with Crippen molar-refractivity contribution in [1.82, 2.24) is 4.90 Å². The second kappa shape index (κ2) is 5.91. The van der Waals surface area contributed by atoms with Gasteiger partial charge in [-0.05, 0) is 61.8 Å². The highest BCUT2D eigenvalue weighted by Crippen LogP contribution is 2.26. The number of rotatable bonds is 4. The molecule has 4 nitrogen and oxygen atoms in total. The van der Waals surface area contributed by atoms with E-state index >= 15 is 0 Å². The zero-order chi connectivity index (χ0) is 14.7. The van der Waals surface area contributed by atoms with Crippen LogP contribution in [0.2, 0.25) is 0 Å². The summed E-state index contributed by atoms with van der Waals surface area (Å²) in [4.78, 5) is 13.9. The number of hydrogen-bond donors (Lipinski definition) is 1. The summed E-state index contributed by atoms with van der Waals surface area (Å²) in [6.07, 6.45) is -0.267. The molecule has 18 heavy (non-hydrogen) atoms. The number of carbonyl (C=O) groups is 1. The lowest BCUT2D eigenvalue weighted by Gasteiger charge is -2.42. The Morgan fingerprint density at radius 3 is 1.89 bits per heavy atom. The molecule has 1 amide bonds. The van der Waals surface area contributed by atoms with E-state index in [1.807, 2.05) is 48.5 Å². The van der Waals surface area contributed by atoms with Crippen molar-refractivity contribution in [2.45, 2.75) is 85.1 Å². The molecule has 0 heterocycles. The molecule has 0 saturated carbocycles. The van der Waals surface area contributed by atoms with Gasteiger partial charge >= 0.3 is 6.09 Å². The van der Waals surface area contributed by atoms with Crippen LogP contribution >= 0.6 is 0 Å². The lowest BCUT2D eigenvalue weighted by atomic mass is 9.94. The van der Waals surface area contributed by atoms with E-state index < -0.39 is 17.2 Å². The normalized spacial score (nSPS) is 14.6. The summed E-state index contributed by atoms with van der Waals surface area (Å²) in [5.74, 6) is 0. The number of hydrogen-bond acceptors (Lipinski definition) is 3. The number of aliphatic hydroxyl groups is 1. The van der Waals surface area contributed by atoms with Crippen LogP contribution in [0.15, 0.2) is 0 Å². The highest BCUT2D eigenvalue weighted by Gasteiger charge is 2.36. The predicted molar refractivity (Wildman–Crippen MR) is 73.6 cm³/mol. The van der Waals surface area contributed by atoms with Gasteiger partial charge in [0.1, 0.15) is 5.60 Å². The Kier molecular flexibility index (Phi) is 5.66. The molecule has 0 aromatic carbocycles. The third-order valence-electron chi connectivity index (χ3n) is 2.55. The molecule has 0 bridgehead atoms. The predicted octanol–water partition coefficient (Wildman–Crippen LogP) is 3.18. The van der Waals surface area contributed by atoms with Crippen LogP contribution in [-0.4, -0.2) is 39.4 Å². The van der Waals surface area contributed by atoms with Gasteiger partial charge in [0, 0.05) is 11.6 Å². The van der Waals surface area contributed by atoms with Gasteiger partial charge < -0.3 is 14.7 Å². The fourth-order valence-corrected chi connectivity index (χ4v) is 2.29. The molecular formula is C14H29NO3. The van der Waals surface area contributed by atoms with E-state index in [9.17, 15) is 9.90 Å². The Bertz CT molecular complexity index is 277. The molecule has 0 radical (unpaired) electrons. The summed E-state index contributed by atoms with van der Waals surface area (Å²) >= 11 is 0. The number of nitrogens with zero attached hydrogens (tertiary/aromatic N) is 1. The highest BCUT2D eigenvalue weighted by molar-refractivity contribution is 5.69. The molecule has 0 saturated heterocycles. The van der Waals surface area contributed by atoms with E-state index in [4.69, 9.17) is 4.74 Å². The van der Waals surface area contributed by atoms with Gasteiger partial charge in [-0.3, -0.25) is 0 Å². The maximum atomic E-state index is 12.3. The van der Waals surface area contributed by atoms with E-state index in [1.54, 1.807) is 11.8 Å². The van der Waals surface area contributed by atoms with Crippen LogP contribution in [0.5, 0.6) is 0 Å². The van der Waals surface area contributed by atoms with Crippen molar-refractivity contribution < 1.29 is 14.6 Å².